The Bertz CT molecular complexity index is 1360. The Balaban J connectivity index is 1.32. The number of amides is 2. The van der Waals surface area contributed by atoms with Crippen molar-refractivity contribution in [1.29, 1.82) is 0 Å². The Hall–Kier alpha value is -4.27. The first-order valence-electron chi connectivity index (χ1n) is 11.1. The number of nitrogens with one attached hydrogen (secondary N) is 3. The minimum absolute atomic E-state index is 0.0723. The van der Waals surface area contributed by atoms with Crippen molar-refractivity contribution in [3.8, 4) is 0 Å². The Morgan fingerprint density at radius 1 is 1.09 bits per heavy atom. The molecule has 172 valence electrons. The fraction of sp³-hybridized carbons (Fsp3) is 0.240. The lowest BCUT2D eigenvalue weighted by Gasteiger charge is -2.29. The maximum absolute atomic E-state index is 12.9. The number of carbonyl (C=O) groups is 3. The lowest BCUT2D eigenvalue weighted by molar-refractivity contribution is -0.122. The molecule has 2 aromatic carbocycles. The second-order valence-corrected chi connectivity index (χ2v) is 8.52. The van der Waals surface area contributed by atoms with Crippen molar-refractivity contribution in [2.45, 2.75) is 32.2 Å². The summed E-state index contributed by atoms with van der Waals surface area (Å²) in [4.78, 5) is 58.8. The van der Waals surface area contributed by atoms with Gasteiger partial charge >= 0.3 is 0 Å². The number of nitrogens with zero attached hydrogens (tertiary/aromatic N) is 2. The molecule has 9 heteroatoms. The van der Waals surface area contributed by atoms with Gasteiger partial charge in [0, 0.05) is 30.8 Å². The SMILES string of the molecule is CC(=O)c1ccc(NC(=O)C[C@H]2C(=O)Nc3nc(N4CCc5ccccc5C4)[nH]c(=O)c32)cc1. The van der Waals surface area contributed by atoms with E-state index < -0.39 is 23.3 Å². The highest BCUT2D eigenvalue weighted by atomic mass is 16.2. The molecule has 0 radical (unpaired) electrons. The van der Waals surface area contributed by atoms with Gasteiger partial charge in [0.05, 0.1) is 11.5 Å². The molecule has 34 heavy (non-hydrogen) atoms. The van der Waals surface area contributed by atoms with Crippen LogP contribution in [0.3, 0.4) is 0 Å². The smallest absolute Gasteiger partial charge is 0.258 e. The molecular weight excluding hydrogens is 434 g/mol. The maximum atomic E-state index is 12.9. The van der Waals surface area contributed by atoms with E-state index in [2.05, 4.69) is 32.7 Å². The number of Topliss-reactive ketones (excluding diaryl/α,β-unsaturated/α-hetero) is 1. The van der Waals surface area contributed by atoms with E-state index in [-0.39, 0.29) is 23.6 Å². The van der Waals surface area contributed by atoms with Gasteiger partial charge in [0.15, 0.2) is 5.78 Å². The molecule has 0 bridgehead atoms. The Kier molecular flexibility index (Phi) is 5.45. The molecule has 1 aromatic heterocycles. The molecule has 0 saturated heterocycles. The van der Waals surface area contributed by atoms with Gasteiger partial charge in [-0.25, -0.2) is 0 Å². The van der Waals surface area contributed by atoms with Crippen LogP contribution in [0, 0.1) is 0 Å². The molecule has 1 atom stereocenters. The quantitative estimate of drug-likeness (QED) is 0.506. The molecule has 3 N–H and O–H groups in total. The number of aromatic nitrogens is 2. The van der Waals surface area contributed by atoms with Gasteiger partial charge in [-0.1, -0.05) is 24.3 Å². The first-order chi connectivity index (χ1) is 16.4. The average molecular weight is 457 g/mol. The molecule has 0 spiro atoms. The third-order valence-corrected chi connectivity index (χ3v) is 6.24. The number of H-pyrrole nitrogens is 1. The molecule has 3 heterocycles. The molecule has 5 rings (SSSR count). The van der Waals surface area contributed by atoms with Gasteiger partial charge in [-0.05, 0) is 48.7 Å². The topological polar surface area (TPSA) is 124 Å². The number of carbonyl (C=O) groups excluding carboxylic acids is 3. The Morgan fingerprint density at radius 2 is 1.82 bits per heavy atom. The highest BCUT2D eigenvalue weighted by molar-refractivity contribution is 6.05. The molecule has 2 aliphatic rings. The molecule has 2 aliphatic heterocycles. The minimum Gasteiger partial charge on any atom is -0.338 e. The molecular formula is C25H23N5O4. The molecule has 3 aromatic rings. The van der Waals surface area contributed by atoms with E-state index >= 15 is 0 Å². The third-order valence-electron chi connectivity index (χ3n) is 6.24. The second kappa shape index (κ2) is 8.58. The van der Waals surface area contributed by atoms with Gasteiger partial charge in [-0.3, -0.25) is 24.2 Å². The lowest BCUT2D eigenvalue weighted by Crippen LogP contribution is -2.33. The summed E-state index contributed by atoms with van der Waals surface area (Å²) in [6.45, 7) is 2.77. The number of hydrogen-bond acceptors (Lipinski definition) is 6. The molecule has 0 unspecified atom stereocenters. The molecule has 2 amide bonds. The van der Waals surface area contributed by atoms with Gasteiger partial charge in [-0.2, -0.15) is 4.98 Å². The van der Waals surface area contributed by atoms with Crippen LogP contribution in [-0.4, -0.2) is 34.1 Å². The number of fused-ring (bicyclic) bond motifs is 2. The minimum atomic E-state index is -0.932. The van der Waals surface area contributed by atoms with E-state index in [1.54, 1.807) is 24.3 Å². The highest BCUT2D eigenvalue weighted by Gasteiger charge is 2.37. The van der Waals surface area contributed by atoms with Crippen molar-refractivity contribution in [3.63, 3.8) is 0 Å². The van der Waals surface area contributed by atoms with Gasteiger partial charge in [0.25, 0.3) is 5.56 Å². The summed E-state index contributed by atoms with van der Waals surface area (Å²) in [5.74, 6) is -1.26. The summed E-state index contributed by atoms with van der Waals surface area (Å²) in [6, 6.07) is 14.6. The van der Waals surface area contributed by atoms with E-state index in [1.807, 2.05) is 17.0 Å². The second-order valence-electron chi connectivity index (χ2n) is 8.52. The zero-order valence-electron chi connectivity index (χ0n) is 18.6. The lowest BCUT2D eigenvalue weighted by atomic mass is 9.99. The maximum Gasteiger partial charge on any atom is 0.258 e. The van der Waals surface area contributed by atoms with E-state index in [1.165, 1.54) is 18.1 Å². The number of benzene rings is 2. The van der Waals surface area contributed by atoms with E-state index in [0.29, 0.717) is 30.3 Å². The summed E-state index contributed by atoms with van der Waals surface area (Å²) < 4.78 is 0. The zero-order chi connectivity index (χ0) is 23.8. The van der Waals surface area contributed by atoms with Crippen LogP contribution in [0.2, 0.25) is 0 Å². The highest BCUT2D eigenvalue weighted by Crippen LogP contribution is 2.32. The number of anilines is 3. The first kappa shape index (κ1) is 21.6. The first-order valence-corrected chi connectivity index (χ1v) is 11.1. The van der Waals surface area contributed by atoms with Crippen LogP contribution < -0.4 is 21.1 Å². The molecule has 9 nitrogen and oxygen atoms in total. The molecule has 0 saturated carbocycles. The summed E-state index contributed by atoms with van der Waals surface area (Å²) in [7, 11) is 0. The van der Waals surface area contributed by atoms with Crippen LogP contribution in [0.1, 0.15) is 46.3 Å². The van der Waals surface area contributed by atoms with E-state index in [4.69, 9.17) is 0 Å². The largest absolute Gasteiger partial charge is 0.338 e. The van der Waals surface area contributed by atoms with Crippen molar-refractivity contribution in [3.05, 3.63) is 81.1 Å². The van der Waals surface area contributed by atoms with Gasteiger partial charge in [-0.15, -0.1) is 0 Å². The van der Waals surface area contributed by atoms with Crippen molar-refractivity contribution in [2.75, 3.05) is 22.1 Å². The van der Waals surface area contributed by atoms with Crippen molar-refractivity contribution < 1.29 is 14.4 Å². The van der Waals surface area contributed by atoms with Crippen molar-refractivity contribution in [1.82, 2.24) is 9.97 Å². The van der Waals surface area contributed by atoms with Gasteiger partial charge in [0.2, 0.25) is 17.8 Å². The van der Waals surface area contributed by atoms with Gasteiger partial charge in [0.1, 0.15) is 5.82 Å². The Labute approximate surface area is 195 Å². The predicted octanol–water partition coefficient (Wildman–Crippen LogP) is 2.60. The summed E-state index contributed by atoms with van der Waals surface area (Å²) in [5.41, 5.74) is 3.23. The average Bonchev–Trinajstić information content (AvgIpc) is 3.14. The van der Waals surface area contributed by atoms with E-state index in [9.17, 15) is 19.2 Å². The van der Waals surface area contributed by atoms with Crippen LogP contribution in [0.25, 0.3) is 0 Å². The monoisotopic (exact) mass is 457 g/mol. The summed E-state index contributed by atoms with van der Waals surface area (Å²) in [6.07, 6.45) is 0.633. The van der Waals surface area contributed by atoms with Crippen LogP contribution in [0.5, 0.6) is 0 Å². The van der Waals surface area contributed by atoms with Gasteiger partial charge < -0.3 is 15.5 Å². The fourth-order valence-electron chi connectivity index (χ4n) is 4.43. The number of hydrogen-bond donors (Lipinski definition) is 3. The third kappa shape index (κ3) is 4.07. The van der Waals surface area contributed by atoms with Crippen LogP contribution in [0.15, 0.2) is 53.3 Å². The normalized spacial score (nSPS) is 16.4. The van der Waals surface area contributed by atoms with Crippen LogP contribution in [-0.2, 0) is 22.6 Å². The van der Waals surface area contributed by atoms with Crippen molar-refractivity contribution >= 4 is 35.1 Å². The number of ketones is 1. The van der Waals surface area contributed by atoms with Crippen molar-refractivity contribution in [2.24, 2.45) is 0 Å². The standard InChI is InChI=1S/C25H23N5O4/c1-14(31)15-6-8-18(9-7-15)26-20(32)12-19-21-22(27-23(19)33)28-25(29-24(21)34)30-11-10-16-4-2-3-5-17(16)13-30/h2-9,19H,10-13H2,1H3,(H,26,32)(H2,27,28,29,33,34)/t19-/m1/s1. The number of rotatable bonds is 5. The molecule has 0 fully saturated rings. The fourth-order valence-corrected chi connectivity index (χ4v) is 4.43. The molecule has 0 aliphatic carbocycles. The Morgan fingerprint density at radius 3 is 2.56 bits per heavy atom. The van der Waals surface area contributed by atoms with E-state index in [0.717, 1.165) is 6.42 Å². The number of aromatic amines is 1. The van der Waals surface area contributed by atoms with Crippen LogP contribution in [0.4, 0.5) is 17.5 Å². The predicted molar refractivity (Wildman–Crippen MR) is 127 cm³/mol. The summed E-state index contributed by atoms with van der Waals surface area (Å²) in [5, 5.41) is 5.37. The zero-order valence-corrected chi connectivity index (χ0v) is 18.6. The summed E-state index contributed by atoms with van der Waals surface area (Å²) >= 11 is 0. The van der Waals surface area contributed by atoms with Crippen LogP contribution >= 0.6 is 0 Å².